The molecular formula is C20H23ClFN3O2. The number of carbonyl (C=O) groups excluding carboxylic acids is 1. The van der Waals surface area contributed by atoms with E-state index in [0.717, 1.165) is 37.6 Å². The molecule has 0 spiro atoms. The highest BCUT2D eigenvalue weighted by molar-refractivity contribution is 6.33. The van der Waals surface area contributed by atoms with Crippen LogP contribution in [0, 0.1) is 5.82 Å². The maximum atomic E-state index is 13.1. The van der Waals surface area contributed by atoms with E-state index in [1.807, 2.05) is 31.2 Å². The quantitative estimate of drug-likeness (QED) is 0.845. The predicted octanol–water partition coefficient (Wildman–Crippen LogP) is 3.64. The topological polar surface area (TPSA) is 44.8 Å². The average molecular weight is 392 g/mol. The first-order valence-electron chi connectivity index (χ1n) is 8.87. The van der Waals surface area contributed by atoms with Crippen molar-refractivity contribution in [1.82, 2.24) is 4.90 Å². The summed E-state index contributed by atoms with van der Waals surface area (Å²) in [5, 5.41) is 2.98. The van der Waals surface area contributed by atoms with Gasteiger partial charge in [-0.25, -0.2) is 4.39 Å². The van der Waals surface area contributed by atoms with Crippen molar-refractivity contribution in [2.45, 2.75) is 13.0 Å². The second-order valence-electron chi connectivity index (χ2n) is 6.51. The molecule has 2 aromatic rings. The van der Waals surface area contributed by atoms with Gasteiger partial charge in [0.25, 0.3) is 0 Å². The molecule has 0 bridgehead atoms. The number of ether oxygens (including phenoxy) is 1. The largest absolute Gasteiger partial charge is 0.497 e. The van der Waals surface area contributed by atoms with Crippen molar-refractivity contribution in [2.24, 2.45) is 0 Å². The molecule has 0 unspecified atom stereocenters. The van der Waals surface area contributed by atoms with Gasteiger partial charge in [0.15, 0.2) is 0 Å². The van der Waals surface area contributed by atoms with Crippen molar-refractivity contribution in [1.29, 1.82) is 0 Å². The van der Waals surface area contributed by atoms with Crippen LogP contribution in [0.15, 0.2) is 42.5 Å². The van der Waals surface area contributed by atoms with Crippen LogP contribution < -0.4 is 15.0 Å². The molecule has 1 fully saturated rings. The Morgan fingerprint density at radius 3 is 2.41 bits per heavy atom. The number of nitrogens with zero attached hydrogens (tertiary/aromatic N) is 2. The Bertz CT molecular complexity index is 792. The Labute approximate surface area is 163 Å². The molecule has 1 heterocycles. The molecule has 0 aliphatic carbocycles. The van der Waals surface area contributed by atoms with Crippen LogP contribution in [0.4, 0.5) is 15.8 Å². The number of rotatable bonds is 5. The summed E-state index contributed by atoms with van der Waals surface area (Å²) < 4.78 is 18.3. The highest BCUT2D eigenvalue weighted by atomic mass is 35.5. The monoisotopic (exact) mass is 391 g/mol. The van der Waals surface area contributed by atoms with Crippen LogP contribution in [0.1, 0.15) is 6.92 Å². The van der Waals surface area contributed by atoms with Gasteiger partial charge in [-0.15, -0.1) is 0 Å². The van der Waals surface area contributed by atoms with Gasteiger partial charge in [0.1, 0.15) is 11.6 Å². The zero-order chi connectivity index (χ0) is 19.4. The highest BCUT2D eigenvalue weighted by Gasteiger charge is 2.26. The van der Waals surface area contributed by atoms with Gasteiger partial charge < -0.3 is 15.0 Å². The normalized spacial score (nSPS) is 16.1. The summed E-state index contributed by atoms with van der Waals surface area (Å²) in [5.41, 5.74) is 1.57. The Morgan fingerprint density at radius 2 is 1.81 bits per heavy atom. The summed E-state index contributed by atoms with van der Waals surface area (Å²) >= 11 is 5.99. The minimum atomic E-state index is -0.430. The summed E-state index contributed by atoms with van der Waals surface area (Å²) in [6, 6.07) is 11.6. The fourth-order valence-corrected chi connectivity index (χ4v) is 3.37. The number of benzene rings is 2. The SMILES string of the molecule is COc1ccc(N2CCN([C@H](C)C(=O)Nc3ccc(F)cc3Cl)CC2)cc1. The lowest BCUT2D eigenvalue weighted by molar-refractivity contribution is -0.120. The van der Waals surface area contributed by atoms with Crippen LogP contribution in [0.25, 0.3) is 0 Å². The summed E-state index contributed by atoms with van der Waals surface area (Å²) in [4.78, 5) is 17.0. The van der Waals surface area contributed by atoms with E-state index in [9.17, 15) is 9.18 Å². The second-order valence-corrected chi connectivity index (χ2v) is 6.92. The highest BCUT2D eigenvalue weighted by Crippen LogP contribution is 2.24. The first kappa shape index (κ1) is 19.5. The fourth-order valence-electron chi connectivity index (χ4n) is 3.15. The van der Waals surface area contributed by atoms with E-state index >= 15 is 0 Å². The van der Waals surface area contributed by atoms with E-state index < -0.39 is 5.82 Å². The van der Waals surface area contributed by atoms with Crippen molar-refractivity contribution in [3.8, 4) is 5.75 Å². The molecule has 1 atom stereocenters. The zero-order valence-corrected chi connectivity index (χ0v) is 16.2. The molecule has 0 aromatic heterocycles. The molecule has 27 heavy (non-hydrogen) atoms. The van der Waals surface area contributed by atoms with Crippen molar-refractivity contribution >= 4 is 28.9 Å². The van der Waals surface area contributed by atoms with Crippen molar-refractivity contribution in [3.63, 3.8) is 0 Å². The minimum absolute atomic E-state index is 0.151. The molecule has 1 saturated heterocycles. The predicted molar refractivity (Wildman–Crippen MR) is 106 cm³/mol. The third kappa shape index (κ3) is 4.70. The zero-order valence-electron chi connectivity index (χ0n) is 15.4. The minimum Gasteiger partial charge on any atom is -0.497 e. The fraction of sp³-hybridized carbons (Fsp3) is 0.350. The molecule has 1 aliphatic heterocycles. The van der Waals surface area contributed by atoms with Gasteiger partial charge in [-0.3, -0.25) is 9.69 Å². The number of nitrogens with one attached hydrogen (secondary N) is 1. The molecule has 7 heteroatoms. The standard InChI is InChI=1S/C20H23ClFN3O2/c1-14(20(26)23-19-8-3-15(22)13-18(19)21)24-9-11-25(12-10-24)16-4-6-17(27-2)7-5-16/h3-8,13-14H,9-12H2,1-2H3,(H,23,26)/t14-/m1/s1. The van der Waals surface area contributed by atoms with Gasteiger partial charge in [0.2, 0.25) is 5.91 Å². The summed E-state index contributed by atoms with van der Waals surface area (Å²) in [7, 11) is 1.65. The van der Waals surface area contributed by atoms with Gasteiger partial charge in [-0.05, 0) is 49.4 Å². The van der Waals surface area contributed by atoms with E-state index in [1.165, 1.54) is 18.2 Å². The van der Waals surface area contributed by atoms with E-state index in [4.69, 9.17) is 16.3 Å². The number of anilines is 2. The summed E-state index contributed by atoms with van der Waals surface area (Å²) in [6.07, 6.45) is 0. The van der Waals surface area contributed by atoms with Gasteiger partial charge in [0.05, 0.1) is 23.9 Å². The third-order valence-corrected chi connectivity index (χ3v) is 5.18. The average Bonchev–Trinajstić information content (AvgIpc) is 2.69. The third-order valence-electron chi connectivity index (χ3n) is 4.87. The number of amides is 1. The Kier molecular flexibility index (Phi) is 6.19. The first-order chi connectivity index (χ1) is 13.0. The van der Waals surface area contributed by atoms with Crippen LogP contribution in [0.2, 0.25) is 5.02 Å². The smallest absolute Gasteiger partial charge is 0.241 e. The number of piperazine rings is 1. The lowest BCUT2D eigenvalue weighted by Crippen LogP contribution is -2.52. The van der Waals surface area contributed by atoms with E-state index in [0.29, 0.717) is 5.69 Å². The summed E-state index contributed by atoms with van der Waals surface area (Å²) in [6.45, 7) is 5.09. The number of carbonyl (C=O) groups is 1. The van der Waals surface area contributed by atoms with E-state index in [1.54, 1.807) is 7.11 Å². The van der Waals surface area contributed by atoms with Crippen molar-refractivity contribution < 1.29 is 13.9 Å². The Morgan fingerprint density at radius 1 is 1.15 bits per heavy atom. The molecule has 0 radical (unpaired) electrons. The van der Waals surface area contributed by atoms with Crippen molar-refractivity contribution in [3.05, 3.63) is 53.3 Å². The maximum Gasteiger partial charge on any atom is 0.241 e. The van der Waals surface area contributed by atoms with E-state index in [2.05, 4.69) is 15.1 Å². The van der Waals surface area contributed by atoms with Gasteiger partial charge in [0, 0.05) is 31.9 Å². The van der Waals surface area contributed by atoms with Crippen LogP contribution in [-0.2, 0) is 4.79 Å². The summed E-state index contributed by atoms with van der Waals surface area (Å²) in [5.74, 6) is 0.254. The molecule has 1 N–H and O–H groups in total. The van der Waals surface area contributed by atoms with Crippen LogP contribution in [-0.4, -0.2) is 50.1 Å². The molecule has 5 nitrogen and oxygen atoms in total. The second kappa shape index (κ2) is 8.59. The molecule has 144 valence electrons. The molecule has 0 saturated carbocycles. The van der Waals surface area contributed by atoms with Crippen LogP contribution in [0.3, 0.4) is 0 Å². The number of hydrogen-bond donors (Lipinski definition) is 1. The first-order valence-corrected chi connectivity index (χ1v) is 9.24. The van der Waals surface area contributed by atoms with Crippen LogP contribution in [0.5, 0.6) is 5.75 Å². The Balaban J connectivity index is 1.55. The number of methoxy groups -OCH3 is 1. The van der Waals surface area contributed by atoms with Gasteiger partial charge in [-0.1, -0.05) is 11.6 Å². The van der Waals surface area contributed by atoms with E-state index in [-0.39, 0.29) is 17.0 Å². The molecule has 2 aromatic carbocycles. The Hall–Kier alpha value is -2.31. The number of hydrogen-bond acceptors (Lipinski definition) is 4. The molecular weight excluding hydrogens is 369 g/mol. The molecule has 1 aliphatic rings. The van der Waals surface area contributed by atoms with Crippen molar-refractivity contribution in [2.75, 3.05) is 43.5 Å². The number of halogens is 2. The van der Waals surface area contributed by atoms with Gasteiger partial charge in [-0.2, -0.15) is 0 Å². The molecule has 1 amide bonds. The lowest BCUT2D eigenvalue weighted by atomic mass is 10.2. The van der Waals surface area contributed by atoms with Crippen LogP contribution >= 0.6 is 11.6 Å². The lowest BCUT2D eigenvalue weighted by Gasteiger charge is -2.38. The molecule has 3 rings (SSSR count). The maximum absolute atomic E-state index is 13.1. The van der Waals surface area contributed by atoms with Gasteiger partial charge >= 0.3 is 0 Å².